The van der Waals surface area contributed by atoms with Gasteiger partial charge in [0.15, 0.2) is 9.84 Å². The number of nitrogens with one attached hydrogen (secondary N) is 1. The van der Waals surface area contributed by atoms with Crippen LogP contribution in [0, 0.1) is 13.8 Å². The number of aromatic nitrogens is 1. The predicted octanol–water partition coefficient (Wildman–Crippen LogP) is 5.27. The van der Waals surface area contributed by atoms with Crippen molar-refractivity contribution in [2.24, 2.45) is 5.10 Å². The van der Waals surface area contributed by atoms with Crippen LogP contribution in [-0.4, -0.2) is 46.8 Å². The number of benzene rings is 2. The molecular weight excluding hydrogens is 517 g/mol. The van der Waals surface area contributed by atoms with Gasteiger partial charge in [-0.15, -0.1) is 11.3 Å². The van der Waals surface area contributed by atoms with Gasteiger partial charge in [0.25, 0.3) is 5.91 Å². The molecule has 0 bridgehead atoms. The van der Waals surface area contributed by atoms with Gasteiger partial charge in [0.2, 0.25) is 0 Å². The zero-order valence-electron chi connectivity index (χ0n) is 20.3. The van der Waals surface area contributed by atoms with E-state index in [0.717, 1.165) is 21.8 Å². The molecule has 0 spiro atoms. The molecule has 2 amide bonds. The van der Waals surface area contributed by atoms with Gasteiger partial charge in [0, 0.05) is 11.9 Å². The number of hydrogen-bond donors (Lipinski definition) is 1. The molecule has 1 aromatic heterocycles. The van der Waals surface area contributed by atoms with Crippen molar-refractivity contribution >= 4 is 55.5 Å². The van der Waals surface area contributed by atoms with Crippen LogP contribution in [0.25, 0.3) is 0 Å². The second-order valence-corrected chi connectivity index (χ2v) is 12.8. The summed E-state index contributed by atoms with van der Waals surface area (Å²) in [6.45, 7) is 5.94. The molecule has 1 N–H and O–H groups in total. The summed E-state index contributed by atoms with van der Waals surface area (Å²) in [5.41, 5.74) is 3.73. The van der Waals surface area contributed by atoms with Crippen LogP contribution in [0.3, 0.4) is 0 Å². The van der Waals surface area contributed by atoms with Gasteiger partial charge in [-0.3, -0.25) is 9.59 Å². The van der Waals surface area contributed by atoms with Crippen molar-refractivity contribution in [1.29, 1.82) is 0 Å². The van der Waals surface area contributed by atoms with E-state index in [-0.39, 0.29) is 27.8 Å². The molecule has 8 nitrogen and oxygen atoms in total. The smallest absolute Gasteiger partial charge is 0.302 e. The lowest BCUT2D eigenvalue weighted by atomic mass is 10.1. The molecule has 2 aromatic carbocycles. The van der Waals surface area contributed by atoms with Crippen molar-refractivity contribution in [3.05, 3.63) is 75.2 Å². The Morgan fingerprint density at radius 2 is 1.75 bits per heavy atom. The first-order chi connectivity index (χ1) is 17.0. The van der Waals surface area contributed by atoms with Crippen LogP contribution in [0.1, 0.15) is 44.8 Å². The SMILES string of the molecule is CCC1SC(=O)N(Cc2ccc(NC(=O)c3sc(C)nc3C)cc2)N=C1c1ccc(S(C)(=O)=O)cc1. The van der Waals surface area contributed by atoms with Crippen molar-refractivity contribution < 1.29 is 18.0 Å². The lowest BCUT2D eigenvalue weighted by Crippen LogP contribution is -2.34. The second-order valence-electron chi connectivity index (χ2n) is 8.42. The van der Waals surface area contributed by atoms with Crippen LogP contribution in [-0.2, 0) is 16.4 Å². The lowest BCUT2D eigenvalue weighted by molar-refractivity contribution is 0.102. The third-order valence-corrected chi connectivity index (χ3v) is 9.04. The quantitative estimate of drug-likeness (QED) is 0.436. The van der Waals surface area contributed by atoms with Gasteiger partial charge in [-0.1, -0.05) is 43.0 Å². The van der Waals surface area contributed by atoms with Crippen molar-refractivity contribution in [2.45, 2.75) is 43.9 Å². The summed E-state index contributed by atoms with van der Waals surface area (Å²) in [5, 5.41) is 9.54. The highest BCUT2D eigenvalue weighted by atomic mass is 32.2. The molecule has 3 aromatic rings. The minimum Gasteiger partial charge on any atom is -0.321 e. The fourth-order valence-electron chi connectivity index (χ4n) is 3.76. The first kappa shape index (κ1) is 26.1. The number of thioether (sulfide) groups is 1. The molecular formula is C25H26N4O4S3. The maximum Gasteiger partial charge on any atom is 0.302 e. The first-order valence-corrected chi connectivity index (χ1v) is 14.9. The number of sulfone groups is 1. The number of aryl methyl sites for hydroxylation is 2. The molecule has 1 unspecified atom stereocenters. The average molecular weight is 543 g/mol. The Morgan fingerprint density at radius 1 is 1.08 bits per heavy atom. The molecule has 4 rings (SSSR count). The summed E-state index contributed by atoms with van der Waals surface area (Å²) >= 11 is 2.57. The van der Waals surface area contributed by atoms with Gasteiger partial charge < -0.3 is 5.32 Å². The third-order valence-electron chi connectivity index (χ3n) is 5.59. The Kier molecular flexibility index (Phi) is 7.62. The summed E-state index contributed by atoms with van der Waals surface area (Å²) in [6.07, 6.45) is 1.88. The van der Waals surface area contributed by atoms with E-state index in [0.29, 0.717) is 22.7 Å². The van der Waals surface area contributed by atoms with E-state index in [4.69, 9.17) is 0 Å². The molecule has 0 saturated carbocycles. The molecule has 1 aliphatic heterocycles. The fraction of sp³-hybridized carbons (Fsp3) is 0.280. The Morgan fingerprint density at radius 3 is 2.31 bits per heavy atom. The third kappa shape index (κ3) is 5.85. The number of hydrazone groups is 1. The van der Waals surface area contributed by atoms with E-state index < -0.39 is 9.84 Å². The summed E-state index contributed by atoms with van der Waals surface area (Å²) in [7, 11) is -3.30. The normalized spacial score (nSPS) is 16.1. The van der Waals surface area contributed by atoms with Crippen molar-refractivity contribution in [3.8, 4) is 0 Å². The predicted molar refractivity (Wildman–Crippen MR) is 145 cm³/mol. The molecule has 0 radical (unpaired) electrons. The number of carbonyl (C=O) groups is 2. The van der Waals surface area contributed by atoms with E-state index in [1.807, 2.05) is 32.9 Å². The summed E-state index contributed by atoms with van der Waals surface area (Å²) in [5.74, 6) is -0.199. The number of carbonyl (C=O) groups excluding carboxylic acids is 2. The van der Waals surface area contributed by atoms with Crippen molar-refractivity contribution in [3.63, 3.8) is 0 Å². The molecule has 11 heteroatoms. The minimum atomic E-state index is -3.30. The summed E-state index contributed by atoms with van der Waals surface area (Å²) < 4.78 is 23.6. The first-order valence-electron chi connectivity index (χ1n) is 11.3. The summed E-state index contributed by atoms with van der Waals surface area (Å²) in [6, 6.07) is 13.9. The Hall–Kier alpha value is -3.02. The van der Waals surface area contributed by atoms with E-state index >= 15 is 0 Å². The molecule has 1 aliphatic rings. The highest BCUT2D eigenvalue weighted by Crippen LogP contribution is 2.30. The topological polar surface area (TPSA) is 109 Å². The van der Waals surface area contributed by atoms with E-state index in [9.17, 15) is 18.0 Å². The highest BCUT2D eigenvalue weighted by molar-refractivity contribution is 8.14. The standard InChI is InChI=1S/C25H26N4O4S3/c1-5-21-22(18-8-12-20(13-9-18)36(4,32)33)28-29(25(31)35-21)14-17-6-10-19(11-7-17)27-24(30)23-15(2)26-16(3)34-23/h6-13,21H,5,14H2,1-4H3,(H,27,30). The molecule has 0 aliphatic carbocycles. The average Bonchev–Trinajstić information content (AvgIpc) is 3.18. The van der Waals surface area contributed by atoms with Crippen LogP contribution in [0.15, 0.2) is 58.5 Å². The number of anilines is 1. The Labute approximate surface area is 218 Å². The monoisotopic (exact) mass is 542 g/mol. The fourth-order valence-corrected chi connectivity index (χ4v) is 6.14. The maximum absolute atomic E-state index is 12.8. The number of nitrogens with zero attached hydrogens (tertiary/aromatic N) is 3. The zero-order chi connectivity index (χ0) is 26.0. The Bertz CT molecular complexity index is 1430. The van der Waals surface area contributed by atoms with Gasteiger partial charge in [-0.25, -0.2) is 18.4 Å². The second kappa shape index (κ2) is 10.5. The Balaban J connectivity index is 1.50. The van der Waals surface area contributed by atoms with E-state index in [2.05, 4.69) is 15.4 Å². The van der Waals surface area contributed by atoms with Crippen molar-refractivity contribution in [2.75, 3.05) is 11.6 Å². The van der Waals surface area contributed by atoms with Gasteiger partial charge in [0.05, 0.1) is 33.1 Å². The van der Waals surface area contributed by atoms with Crippen LogP contribution in [0.5, 0.6) is 0 Å². The lowest BCUT2D eigenvalue weighted by Gasteiger charge is -2.28. The minimum absolute atomic E-state index is 0.116. The molecule has 36 heavy (non-hydrogen) atoms. The largest absolute Gasteiger partial charge is 0.321 e. The van der Waals surface area contributed by atoms with Gasteiger partial charge in [-0.05, 0) is 55.7 Å². The van der Waals surface area contributed by atoms with Gasteiger partial charge in [-0.2, -0.15) is 5.10 Å². The van der Waals surface area contributed by atoms with Crippen LogP contribution in [0.2, 0.25) is 0 Å². The molecule has 188 valence electrons. The van der Waals surface area contributed by atoms with Crippen LogP contribution >= 0.6 is 23.1 Å². The number of thiazole rings is 1. The number of amides is 2. The van der Waals surface area contributed by atoms with Crippen molar-refractivity contribution in [1.82, 2.24) is 9.99 Å². The zero-order valence-corrected chi connectivity index (χ0v) is 22.8. The van der Waals surface area contributed by atoms with E-state index in [1.54, 1.807) is 36.4 Å². The molecule has 0 fully saturated rings. The molecule has 1 atom stereocenters. The van der Waals surface area contributed by atoms with Crippen LogP contribution < -0.4 is 5.32 Å². The molecule has 2 heterocycles. The van der Waals surface area contributed by atoms with Gasteiger partial charge in [0.1, 0.15) is 4.88 Å². The van der Waals surface area contributed by atoms with Gasteiger partial charge >= 0.3 is 5.24 Å². The maximum atomic E-state index is 12.8. The highest BCUT2D eigenvalue weighted by Gasteiger charge is 2.30. The summed E-state index contributed by atoms with van der Waals surface area (Å²) in [4.78, 5) is 30.4. The molecule has 0 saturated heterocycles. The number of rotatable bonds is 7. The van der Waals surface area contributed by atoms with Crippen LogP contribution in [0.4, 0.5) is 10.5 Å². The van der Waals surface area contributed by atoms with E-state index in [1.165, 1.54) is 34.4 Å². The number of hydrogen-bond acceptors (Lipinski definition) is 8.